The van der Waals surface area contributed by atoms with Gasteiger partial charge in [0.25, 0.3) is 5.91 Å². The molecule has 8 nitrogen and oxygen atoms in total. The van der Waals surface area contributed by atoms with E-state index in [1.165, 1.54) is 6.33 Å². The van der Waals surface area contributed by atoms with Crippen molar-refractivity contribution in [1.82, 2.24) is 25.2 Å². The Kier molecular flexibility index (Phi) is 4.34. The number of aryl methyl sites for hydroxylation is 3. The Labute approximate surface area is 145 Å². The van der Waals surface area contributed by atoms with Crippen molar-refractivity contribution in [2.24, 2.45) is 0 Å². The Morgan fingerprint density at radius 3 is 2.48 bits per heavy atom. The molecule has 1 amide bonds. The minimum Gasteiger partial charge on any atom is -0.393 e. The molecule has 128 valence electrons. The number of benzene rings is 1. The van der Waals surface area contributed by atoms with Gasteiger partial charge in [-0.05, 0) is 39.0 Å². The van der Waals surface area contributed by atoms with E-state index in [1.807, 2.05) is 39.0 Å². The molecule has 0 fully saturated rings. The number of nitrogens with zero attached hydrogens (tertiary/aromatic N) is 4. The number of amides is 1. The van der Waals surface area contributed by atoms with Crippen LogP contribution >= 0.6 is 0 Å². The zero-order valence-corrected chi connectivity index (χ0v) is 14.2. The fourth-order valence-electron chi connectivity index (χ4n) is 2.39. The van der Waals surface area contributed by atoms with E-state index in [1.54, 1.807) is 16.8 Å². The predicted molar refractivity (Wildman–Crippen MR) is 95.3 cm³/mol. The Morgan fingerprint density at radius 1 is 1.12 bits per heavy atom. The minimum absolute atomic E-state index is 0.286. The van der Waals surface area contributed by atoms with Gasteiger partial charge in [0, 0.05) is 11.3 Å². The molecule has 2 aromatic heterocycles. The third-order valence-corrected chi connectivity index (χ3v) is 3.68. The van der Waals surface area contributed by atoms with Crippen LogP contribution < -0.4 is 16.6 Å². The molecule has 2 heterocycles. The Morgan fingerprint density at radius 2 is 1.84 bits per heavy atom. The number of hydrazine groups is 1. The topological polar surface area (TPSA) is 111 Å². The van der Waals surface area contributed by atoms with Crippen LogP contribution in [0.5, 0.6) is 0 Å². The van der Waals surface area contributed by atoms with Crippen molar-refractivity contribution < 1.29 is 4.79 Å². The second-order valence-corrected chi connectivity index (χ2v) is 5.74. The summed E-state index contributed by atoms with van der Waals surface area (Å²) in [6.45, 7) is 5.76. The van der Waals surface area contributed by atoms with Gasteiger partial charge in [0.05, 0.1) is 5.69 Å². The molecule has 0 aliphatic carbocycles. The summed E-state index contributed by atoms with van der Waals surface area (Å²) < 4.78 is 1.64. The molecule has 0 unspecified atom stereocenters. The predicted octanol–water partition coefficient (Wildman–Crippen LogP) is 1.93. The molecule has 0 atom stereocenters. The molecular weight excluding hydrogens is 318 g/mol. The van der Waals surface area contributed by atoms with Gasteiger partial charge in [-0.25, -0.2) is 14.6 Å². The lowest BCUT2D eigenvalue weighted by Crippen LogP contribution is -2.30. The zero-order chi connectivity index (χ0) is 18.0. The molecule has 0 spiro atoms. The number of carbonyl (C=O) groups is 1. The highest BCUT2D eigenvalue weighted by Crippen LogP contribution is 2.22. The number of nitrogens with one attached hydrogen (secondary N) is 2. The molecule has 0 aliphatic heterocycles. The lowest BCUT2D eigenvalue weighted by Gasteiger charge is -2.12. The van der Waals surface area contributed by atoms with Gasteiger partial charge in [-0.1, -0.05) is 17.7 Å². The van der Waals surface area contributed by atoms with Gasteiger partial charge in [0.1, 0.15) is 12.0 Å². The number of nitrogen functional groups attached to an aromatic ring is 1. The summed E-state index contributed by atoms with van der Waals surface area (Å²) in [4.78, 5) is 20.4. The smallest absolute Gasteiger partial charge is 0.269 e. The molecular formula is C17H19N7O. The molecule has 0 saturated carbocycles. The first-order valence-corrected chi connectivity index (χ1v) is 7.73. The minimum atomic E-state index is -0.286. The quantitative estimate of drug-likeness (QED) is 0.627. The van der Waals surface area contributed by atoms with Gasteiger partial charge in [-0.15, -0.1) is 0 Å². The molecule has 25 heavy (non-hydrogen) atoms. The van der Waals surface area contributed by atoms with E-state index < -0.39 is 0 Å². The number of carbonyl (C=O) groups excluding carboxylic acids is 1. The summed E-state index contributed by atoms with van der Waals surface area (Å²) in [6, 6.07) is 9.16. The first-order chi connectivity index (χ1) is 12.0. The molecule has 8 heteroatoms. The van der Waals surface area contributed by atoms with Crippen LogP contribution in [0, 0.1) is 20.8 Å². The van der Waals surface area contributed by atoms with E-state index in [0.717, 1.165) is 17.0 Å². The fraction of sp³-hybridized carbons (Fsp3) is 0.176. The van der Waals surface area contributed by atoms with Crippen LogP contribution in [-0.4, -0.2) is 25.7 Å². The Balaban J connectivity index is 1.79. The zero-order valence-electron chi connectivity index (χ0n) is 14.2. The van der Waals surface area contributed by atoms with E-state index in [9.17, 15) is 4.79 Å². The number of anilines is 2. The van der Waals surface area contributed by atoms with Crippen molar-refractivity contribution in [2.75, 3.05) is 11.2 Å². The van der Waals surface area contributed by atoms with Gasteiger partial charge in [-0.3, -0.25) is 15.6 Å². The van der Waals surface area contributed by atoms with Gasteiger partial charge in [0.2, 0.25) is 0 Å². The molecule has 3 aromatic rings. The summed E-state index contributed by atoms with van der Waals surface area (Å²) in [5.74, 6) is 0.469. The van der Waals surface area contributed by atoms with Gasteiger partial charge < -0.3 is 5.73 Å². The van der Waals surface area contributed by atoms with Crippen LogP contribution in [0.15, 0.2) is 36.7 Å². The highest BCUT2D eigenvalue weighted by Gasteiger charge is 2.14. The average molecular weight is 337 g/mol. The van der Waals surface area contributed by atoms with Crippen LogP contribution in [0.1, 0.15) is 27.3 Å². The number of nitrogens with two attached hydrogens (primary N) is 1. The Hall–Kier alpha value is -3.42. The first-order valence-electron chi connectivity index (χ1n) is 7.73. The summed E-state index contributed by atoms with van der Waals surface area (Å²) in [7, 11) is 0. The molecule has 0 aliphatic rings. The summed E-state index contributed by atoms with van der Waals surface area (Å²) in [6.07, 6.45) is 1.36. The van der Waals surface area contributed by atoms with Crippen LogP contribution in [0.3, 0.4) is 0 Å². The van der Waals surface area contributed by atoms with Crippen LogP contribution in [0.25, 0.3) is 5.82 Å². The summed E-state index contributed by atoms with van der Waals surface area (Å²) in [5.41, 5.74) is 15.1. The van der Waals surface area contributed by atoms with Crippen LogP contribution in [-0.2, 0) is 0 Å². The summed E-state index contributed by atoms with van der Waals surface area (Å²) >= 11 is 0. The fourth-order valence-corrected chi connectivity index (χ4v) is 2.39. The lowest BCUT2D eigenvalue weighted by molar-refractivity contribution is 0.0962. The second kappa shape index (κ2) is 6.60. The van der Waals surface area contributed by atoms with Crippen molar-refractivity contribution in [1.29, 1.82) is 0 Å². The van der Waals surface area contributed by atoms with E-state index in [4.69, 9.17) is 5.73 Å². The Bertz CT molecular complexity index is 915. The maximum absolute atomic E-state index is 12.2. The standard InChI is InChI=1S/C17H19N7O/c1-10-4-6-13(7-5-10)17(25)22-21-15-14(18)16(20-9-19-15)24-12(3)8-11(2)23-24/h4-9H,18H2,1-3H3,(H,22,25)(H,19,20,21). The molecule has 4 N–H and O–H groups in total. The van der Waals surface area contributed by atoms with E-state index in [2.05, 4.69) is 25.9 Å². The molecule has 0 saturated heterocycles. The van der Waals surface area contributed by atoms with Crippen LogP contribution in [0.2, 0.25) is 0 Å². The van der Waals surface area contributed by atoms with Crippen molar-refractivity contribution in [3.8, 4) is 5.82 Å². The van der Waals surface area contributed by atoms with Crippen LogP contribution in [0.4, 0.5) is 11.5 Å². The summed E-state index contributed by atoms with van der Waals surface area (Å²) in [5, 5.41) is 4.36. The van der Waals surface area contributed by atoms with Gasteiger partial charge in [0.15, 0.2) is 11.6 Å². The van der Waals surface area contributed by atoms with Crippen molar-refractivity contribution >= 4 is 17.4 Å². The third-order valence-electron chi connectivity index (χ3n) is 3.68. The van der Waals surface area contributed by atoms with Gasteiger partial charge >= 0.3 is 0 Å². The van der Waals surface area contributed by atoms with E-state index in [0.29, 0.717) is 17.2 Å². The second-order valence-electron chi connectivity index (χ2n) is 5.74. The van der Waals surface area contributed by atoms with Crippen molar-refractivity contribution in [2.45, 2.75) is 20.8 Å². The molecule has 0 radical (unpaired) electrons. The monoisotopic (exact) mass is 337 g/mol. The molecule has 1 aromatic carbocycles. The molecule has 0 bridgehead atoms. The van der Waals surface area contributed by atoms with Crippen molar-refractivity contribution in [3.63, 3.8) is 0 Å². The SMILES string of the molecule is Cc1ccc(C(=O)NNc2ncnc(-n3nc(C)cc3C)c2N)cc1. The number of hydrogen-bond donors (Lipinski definition) is 3. The largest absolute Gasteiger partial charge is 0.393 e. The molecule has 3 rings (SSSR count). The number of aromatic nitrogens is 4. The maximum Gasteiger partial charge on any atom is 0.269 e. The van der Waals surface area contributed by atoms with Crippen molar-refractivity contribution in [3.05, 3.63) is 59.2 Å². The normalized spacial score (nSPS) is 10.5. The van der Waals surface area contributed by atoms with Gasteiger partial charge in [-0.2, -0.15) is 5.10 Å². The lowest BCUT2D eigenvalue weighted by atomic mass is 10.1. The van der Waals surface area contributed by atoms with E-state index in [-0.39, 0.29) is 11.6 Å². The maximum atomic E-state index is 12.2. The first kappa shape index (κ1) is 16.4. The highest BCUT2D eigenvalue weighted by atomic mass is 16.2. The van der Waals surface area contributed by atoms with E-state index >= 15 is 0 Å². The third kappa shape index (κ3) is 3.42. The average Bonchev–Trinajstić information content (AvgIpc) is 2.92. The highest BCUT2D eigenvalue weighted by molar-refractivity contribution is 5.95. The number of rotatable bonds is 4. The number of hydrogen-bond acceptors (Lipinski definition) is 6.